The molecule has 2 rings (SSSR count). The molecule has 1 atom stereocenters. The summed E-state index contributed by atoms with van der Waals surface area (Å²) in [6.07, 6.45) is 1.62. The van der Waals surface area contributed by atoms with Crippen molar-refractivity contribution in [1.29, 1.82) is 0 Å². The molecule has 2 heteroatoms. The molecule has 0 amide bonds. The van der Waals surface area contributed by atoms with Gasteiger partial charge in [-0.25, -0.2) is 0 Å². The largest absolute Gasteiger partial charge is 0.303 e. The summed E-state index contributed by atoms with van der Waals surface area (Å²) < 4.78 is 0. The molecule has 1 fully saturated rings. The molecule has 1 unspecified atom stereocenters. The Hall–Kier alpha value is -0.760. The van der Waals surface area contributed by atoms with Gasteiger partial charge in [-0.05, 0) is 17.0 Å². The highest BCUT2D eigenvalue weighted by Gasteiger charge is 2.19. The van der Waals surface area contributed by atoms with Gasteiger partial charge in [-0.3, -0.25) is 0 Å². The van der Waals surface area contributed by atoms with Gasteiger partial charge in [0, 0.05) is 23.8 Å². The van der Waals surface area contributed by atoms with Gasteiger partial charge in [0.2, 0.25) is 0 Å². The van der Waals surface area contributed by atoms with Crippen LogP contribution < -0.4 is 0 Å². The number of thioether (sulfide) groups is 1. The van der Waals surface area contributed by atoms with E-state index in [-0.39, 0.29) is 0 Å². The summed E-state index contributed by atoms with van der Waals surface area (Å²) in [6, 6.07) is 8.79. The number of rotatable bonds is 4. The van der Waals surface area contributed by atoms with E-state index in [0.717, 1.165) is 12.2 Å². The van der Waals surface area contributed by atoms with Gasteiger partial charge in [0.15, 0.2) is 0 Å². The van der Waals surface area contributed by atoms with Gasteiger partial charge in [0.05, 0.1) is 0 Å². The van der Waals surface area contributed by atoms with Gasteiger partial charge in [-0.15, -0.1) is 0 Å². The summed E-state index contributed by atoms with van der Waals surface area (Å²) in [5.74, 6) is 3.66. The fourth-order valence-corrected chi connectivity index (χ4v) is 2.66. The van der Waals surface area contributed by atoms with Crippen LogP contribution in [0.15, 0.2) is 24.3 Å². The third kappa shape index (κ3) is 2.43. The second kappa shape index (κ2) is 4.84. The van der Waals surface area contributed by atoms with Crippen LogP contribution >= 0.6 is 11.8 Å². The van der Waals surface area contributed by atoms with Crippen LogP contribution in [0.4, 0.5) is 0 Å². The molecule has 1 saturated heterocycles. The van der Waals surface area contributed by atoms with Crippen molar-refractivity contribution in [1.82, 2.24) is 0 Å². The number of hydrogen-bond acceptors (Lipinski definition) is 2. The van der Waals surface area contributed by atoms with Crippen LogP contribution in [-0.4, -0.2) is 17.8 Å². The Bertz CT molecular complexity index is 327. The molecule has 0 bridgehead atoms. The van der Waals surface area contributed by atoms with E-state index in [0.29, 0.717) is 12.3 Å². The van der Waals surface area contributed by atoms with Crippen LogP contribution in [0, 0.1) is 0 Å². The molecule has 1 aliphatic rings. The summed E-state index contributed by atoms with van der Waals surface area (Å²) in [4.78, 5) is 10.4. The second-order valence-corrected chi connectivity index (χ2v) is 5.28. The van der Waals surface area contributed by atoms with Crippen molar-refractivity contribution in [3.8, 4) is 0 Å². The van der Waals surface area contributed by atoms with E-state index < -0.39 is 0 Å². The standard InChI is InChI=1S/C13H16OS/c1-10(6-7-14)11-2-4-12(5-3-11)13-8-15-9-13/h2-5,7,10,13H,6,8-9H2,1H3. The minimum Gasteiger partial charge on any atom is -0.303 e. The van der Waals surface area contributed by atoms with Gasteiger partial charge in [0.1, 0.15) is 6.29 Å². The van der Waals surface area contributed by atoms with Gasteiger partial charge < -0.3 is 4.79 Å². The van der Waals surface area contributed by atoms with E-state index in [4.69, 9.17) is 0 Å². The number of benzene rings is 1. The summed E-state index contributed by atoms with van der Waals surface area (Å²) in [5.41, 5.74) is 2.73. The van der Waals surface area contributed by atoms with E-state index in [1.165, 1.54) is 22.6 Å². The van der Waals surface area contributed by atoms with Gasteiger partial charge in [0.25, 0.3) is 0 Å². The topological polar surface area (TPSA) is 17.1 Å². The zero-order valence-electron chi connectivity index (χ0n) is 8.98. The third-order valence-electron chi connectivity index (χ3n) is 3.06. The summed E-state index contributed by atoms with van der Waals surface area (Å²) in [7, 11) is 0. The maximum absolute atomic E-state index is 10.4. The van der Waals surface area contributed by atoms with Crippen molar-refractivity contribution in [3.63, 3.8) is 0 Å². The van der Waals surface area contributed by atoms with Crippen LogP contribution in [0.5, 0.6) is 0 Å². The molecular weight excluding hydrogens is 204 g/mol. The number of carbonyl (C=O) groups is 1. The lowest BCUT2D eigenvalue weighted by Crippen LogP contribution is -2.15. The van der Waals surface area contributed by atoms with Gasteiger partial charge in [-0.2, -0.15) is 11.8 Å². The van der Waals surface area contributed by atoms with Crippen molar-refractivity contribution < 1.29 is 4.79 Å². The monoisotopic (exact) mass is 220 g/mol. The lowest BCUT2D eigenvalue weighted by molar-refractivity contribution is -0.108. The fraction of sp³-hybridized carbons (Fsp3) is 0.462. The molecule has 0 aliphatic carbocycles. The molecule has 1 aromatic carbocycles. The van der Waals surface area contributed by atoms with Crippen LogP contribution in [0.1, 0.15) is 36.3 Å². The predicted octanol–water partition coefficient (Wildman–Crippen LogP) is 3.21. The van der Waals surface area contributed by atoms with E-state index in [1.807, 2.05) is 11.8 Å². The first kappa shape index (κ1) is 10.7. The highest BCUT2D eigenvalue weighted by Crippen LogP contribution is 2.34. The SMILES string of the molecule is CC(CC=O)c1ccc(C2CSC2)cc1. The van der Waals surface area contributed by atoms with Crippen LogP contribution in [-0.2, 0) is 4.79 Å². The molecular formula is C13H16OS. The zero-order valence-corrected chi connectivity index (χ0v) is 9.80. The van der Waals surface area contributed by atoms with Gasteiger partial charge in [-0.1, -0.05) is 31.2 Å². The molecule has 15 heavy (non-hydrogen) atoms. The Kier molecular flexibility index (Phi) is 3.47. The van der Waals surface area contributed by atoms with Crippen molar-refractivity contribution in [2.45, 2.75) is 25.2 Å². The zero-order chi connectivity index (χ0) is 10.7. The average molecular weight is 220 g/mol. The molecule has 0 radical (unpaired) electrons. The minimum absolute atomic E-state index is 0.354. The summed E-state index contributed by atoms with van der Waals surface area (Å²) in [5, 5.41) is 0. The average Bonchev–Trinajstić information content (AvgIpc) is 2.16. The highest BCUT2D eigenvalue weighted by molar-refractivity contribution is 8.00. The fourth-order valence-electron chi connectivity index (χ4n) is 1.81. The normalized spacial score (nSPS) is 18.2. The molecule has 0 aromatic heterocycles. The van der Waals surface area contributed by atoms with E-state index in [1.54, 1.807) is 0 Å². The van der Waals surface area contributed by atoms with E-state index >= 15 is 0 Å². The molecule has 0 spiro atoms. The maximum atomic E-state index is 10.4. The van der Waals surface area contributed by atoms with Crippen LogP contribution in [0.3, 0.4) is 0 Å². The molecule has 80 valence electrons. The second-order valence-electron chi connectivity index (χ2n) is 4.20. The first-order valence-electron chi connectivity index (χ1n) is 5.42. The molecule has 1 nitrogen and oxygen atoms in total. The Morgan fingerprint density at radius 3 is 2.53 bits per heavy atom. The number of hydrogen-bond donors (Lipinski definition) is 0. The Labute approximate surface area is 95.3 Å². The highest BCUT2D eigenvalue weighted by atomic mass is 32.2. The predicted molar refractivity (Wildman–Crippen MR) is 65.6 cm³/mol. The molecule has 1 aromatic rings. The lowest BCUT2D eigenvalue weighted by Gasteiger charge is -2.25. The van der Waals surface area contributed by atoms with Crippen molar-refractivity contribution >= 4 is 18.0 Å². The lowest BCUT2D eigenvalue weighted by atomic mass is 9.94. The van der Waals surface area contributed by atoms with E-state index in [9.17, 15) is 4.79 Å². The molecule has 0 saturated carbocycles. The van der Waals surface area contributed by atoms with Crippen molar-refractivity contribution in [2.24, 2.45) is 0 Å². The maximum Gasteiger partial charge on any atom is 0.120 e. The van der Waals surface area contributed by atoms with Crippen molar-refractivity contribution in [3.05, 3.63) is 35.4 Å². The van der Waals surface area contributed by atoms with Crippen LogP contribution in [0.25, 0.3) is 0 Å². The smallest absolute Gasteiger partial charge is 0.120 e. The van der Waals surface area contributed by atoms with Crippen LogP contribution in [0.2, 0.25) is 0 Å². The first-order chi connectivity index (χ1) is 7.31. The number of aldehydes is 1. The van der Waals surface area contributed by atoms with Gasteiger partial charge >= 0.3 is 0 Å². The minimum atomic E-state index is 0.354. The van der Waals surface area contributed by atoms with E-state index in [2.05, 4.69) is 31.2 Å². The van der Waals surface area contributed by atoms with Crippen molar-refractivity contribution in [2.75, 3.05) is 11.5 Å². The molecule has 1 heterocycles. The summed E-state index contributed by atoms with van der Waals surface area (Å²) >= 11 is 2.01. The molecule has 0 N–H and O–H groups in total. The quantitative estimate of drug-likeness (QED) is 0.725. The number of carbonyl (C=O) groups excluding carboxylic acids is 1. The Morgan fingerprint density at radius 2 is 2.07 bits per heavy atom. The first-order valence-corrected chi connectivity index (χ1v) is 6.58. The third-order valence-corrected chi connectivity index (χ3v) is 4.34. The Morgan fingerprint density at radius 1 is 1.40 bits per heavy atom. The Balaban J connectivity index is 2.05. The molecule has 1 aliphatic heterocycles. The summed E-state index contributed by atoms with van der Waals surface area (Å²) in [6.45, 7) is 2.10.